The van der Waals surface area contributed by atoms with Crippen molar-refractivity contribution in [1.82, 2.24) is 0 Å². The predicted octanol–water partition coefficient (Wildman–Crippen LogP) is 5.75. The minimum atomic E-state index is 0.216. The van der Waals surface area contributed by atoms with E-state index in [1.807, 2.05) is 13.0 Å². The quantitative estimate of drug-likeness (QED) is 0.617. The molecule has 0 aromatic heterocycles. The second-order valence-corrected chi connectivity index (χ2v) is 6.04. The lowest BCUT2D eigenvalue weighted by molar-refractivity contribution is 1.15. The average Bonchev–Trinajstić information content (AvgIpc) is 2.35. The van der Waals surface area contributed by atoms with Gasteiger partial charge in [-0.15, -0.1) is 0 Å². The number of halogens is 2. The van der Waals surface area contributed by atoms with E-state index in [4.69, 9.17) is 11.6 Å². The number of hydrogen-bond acceptors (Lipinski definition) is 0. The van der Waals surface area contributed by atoms with E-state index in [9.17, 15) is 0 Å². The van der Waals surface area contributed by atoms with Gasteiger partial charge in [0, 0.05) is 5.02 Å². The standard InChI is InChI=1S/C16H16BrCl/c1-10-4-5-13(8-11(10)2)16(17)14-6-7-15(18)12(3)9-14/h4-9,16H,1-3H3. The predicted molar refractivity (Wildman–Crippen MR) is 82.9 cm³/mol. The normalized spacial score (nSPS) is 12.5. The largest absolute Gasteiger partial charge is 0.0841 e. The number of hydrogen-bond donors (Lipinski definition) is 0. The van der Waals surface area contributed by atoms with Crippen molar-refractivity contribution in [3.8, 4) is 0 Å². The third kappa shape index (κ3) is 2.78. The molecule has 0 saturated heterocycles. The van der Waals surface area contributed by atoms with Crippen LogP contribution in [0.5, 0.6) is 0 Å². The third-order valence-corrected chi connectivity index (χ3v) is 4.78. The zero-order chi connectivity index (χ0) is 13.3. The van der Waals surface area contributed by atoms with Crippen molar-refractivity contribution in [2.24, 2.45) is 0 Å². The van der Waals surface area contributed by atoms with Gasteiger partial charge < -0.3 is 0 Å². The molecule has 0 aliphatic heterocycles. The van der Waals surface area contributed by atoms with Gasteiger partial charge in [-0.25, -0.2) is 0 Å². The molecule has 0 fully saturated rings. The maximum atomic E-state index is 6.06. The molecular weight excluding hydrogens is 308 g/mol. The fourth-order valence-corrected chi connectivity index (χ4v) is 2.63. The van der Waals surface area contributed by atoms with E-state index in [1.165, 1.54) is 22.3 Å². The maximum Gasteiger partial charge on any atom is 0.0644 e. The number of benzene rings is 2. The Morgan fingerprint density at radius 2 is 1.39 bits per heavy atom. The molecular formula is C16H16BrCl. The van der Waals surface area contributed by atoms with Gasteiger partial charge in [0.05, 0.1) is 4.83 Å². The van der Waals surface area contributed by atoms with Gasteiger partial charge in [-0.1, -0.05) is 57.9 Å². The number of alkyl halides is 1. The van der Waals surface area contributed by atoms with Crippen molar-refractivity contribution in [2.75, 3.05) is 0 Å². The summed E-state index contributed by atoms with van der Waals surface area (Å²) in [7, 11) is 0. The van der Waals surface area contributed by atoms with Gasteiger partial charge in [-0.05, 0) is 54.7 Å². The van der Waals surface area contributed by atoms with Crippen LogP contribution in [-0.2, 0) is 0 Å². The lowest BCUT2D eigenvalue weighted by atomic mass is 9.99. The highest BCUT2D eigenvalue weighted by Gasteiger charge is 2.11. The Balaban J connectivity index is 2.37. The van der Waals surface area contributed by atoms with E-state index in [1.54, 1.807) is 0 Å². The van der Waals surface area contributed by atoms with Crippen LogP contribution in [0.15, 0.2) is 36.4 Å². The maximum absolute atomic E-state index is 6.06. The van der Waals surface area contributed by atoms with Gasteiger partial charge in [0.15, 0.2) is 0 Å². The Bertz CT molecular complexity index is 524. The summed E-state index contributed by atoms with van der Waals surface area (Å²) in [5.74, 6) is 0. The molecule has 2 aromatic rings. The van der Waals surface area contributed by atoms with E-state index in [0.29, 0.717) is 0 Å². The molecule has 0 spiro atoms. The highest BCUT2D eigenvalue weighted by molar-refractivity contribution is 9.09. The molecule has 2 heteroatoms. The van der Waals surface area contributed by atoms with E-state index in [2.05, 4.69) is 60.1 Å². The molecule has 2 aromatic carbocycles. The molecule has 94 valence electrons. The summed E-state index contributed by atoms with van der Waals surface area (Å²) in [4.78, 5) is 0.216. The summed E-state index contributed by atoms with van der Waals surface area (Å²) >= 11 is 9.83. The van der Waals surface area contributed by atoms with Crippen LogP contribution in [0, 0.1) is 20.8 Å². The highest BCUT2D eigenvalue weighted by Crippen LogP contribution is 2.33. The fraction of sp³-hybridized carbons (Fsp3) is 0.250. The van der Waals surface area contributed by atoms with Gasteiger partial charge in [-0.2, -0.15) is 0 Å². The zero-order valence-electron chi connectivity index (χ0n) is 10.8. The molecule has 0 aliphatic rings. The van der Waals surface area contributed by atoms with Gasteiger partial charge in [-0.3, -0.25) is 0 Å². The smallest absolute Gasteiger partial charge is 0.0644 e. The Morgan fingerprint density at radius 3 is 1.94 bits per heavy atom. The molecule has 18 heavy (non-hydrogen) atoms. The van der Waals surface area contributed by atoms with Gasteiger partial charge >= 0.3 is 0 Å². The summed E-state index contributed by atoms with van der Waals surface area (Å²) in [6, 6.07) is 12.7. The van der Waals surface area contributed by atoms with Crippen molar-refractivity contribution in [3.05, 3.63) is 69.2 Å². The SMILES string of the molecule is Cc1ccc(C(Br)c2ccc(Cl)c(C)c2)cc1C. The summed E-state index contributed by atoms with van der Waals surface area (Å²) in [5.41, 5.74) is 6.27. The van der Waals surface area contributed by atoms with Gasteiger partial charge in [0.2, 0.25) is 0 Å². The van der Waals surface area contributed by atoms with Gasteiger partial charge in [0.25, 0.3) is 0 Å². The molecule has 1 atom stereocenters. The summed E-state index contributed by atoms with van der Waals surface area (Å²) < 4.78 is 0. The van der Waals surface area contributed by atoms with E-state index in [-0.39, 0.29) is 4.83 Å². The summed E-state index contributed by atoms with van der Waals surface area (Å²) in [5, 5.41) is 0.818. The van der Waals surface area contributed by atoms with E-state index in [0.717, 1.165) is 10.6 Å². The van der Waals surface area contributed by atoms with Crippen LogP contribution in [0.4, 0.5) is 0 Å². The van der Waals surface area contributed by atoms with Crippen LogP contribution in [0.2, 0.25) is 5.02 Å². The zero-order valence-corrected chi connectivity index (χ0v) is 13.1. The van der Waals surface area contributed by atoms with Crippen molar-refractivity contribution >= 4 is 27.5 Å². The third-order valence-electron chi connectivity index (χ3n) is 3.30. The van der Waals surface area contributed by atoms with Crippen LogP contribution >= 0.6 is 27.5 Å². The second kappa shape index (κ2) is 5.46. The van der Waals surface area contributed by atoms with Crippen LogP contribution < -0.4 is 0 Å². The van der Waals surface area contributed by atoms with Crippen LogP contribution in [-0.4, -0.2) is 0 Å². The lowest BCUT2D eigenvalue weighted by Crippen LogP contribution is -1.95. The molecule has 0 bridgehead atoms. The van der Waals surface area contributed by atoms with Crippen LogP contribution in [0.3, 0.4) is 0 Å². The van der Waals surface area contributed by atoms with E-state index < -0.39 is 0 Å². The number of rotatable bonds is 2. The topological polar surface area (TPSA) is 0 Å². The first-order valence-electron chi connectivity index (χ1n) is 5.96. The molecule has 0 nitrogen and oxygen atoms in total. The second-order valence-electron chi connectivity index (χ2n) is 4.71. The molecule has 0 aliphatic carbocycles. The molecule has 0 saturated carbocycles. The highest BCUT2D eigenvalue weighted by atomic mass is 79.9. The molecule has 0 N–H and O–H groups in total. The minimum Gasteiger partial charge on any atom is -0.0841 e. The van der Waals surface area contributed by atoms with Crippen molar-refractivity contribution in [2.45, 2.75) is 25.6 Å². The lowest BCUT2D eigenvalue weighted by Gasteiger charge is -2.13. The van der Waals surface area contributed by atoms with Crippen molar-refractivity contribution in [1.29, 1.82) is 0 Å². The van der Waals surface area contributed by atoms with Crippen molar-refractivity contribution in [3.63, 3.8) is 0 Å². The van der Waals surface area contributed by atoms with Crippen molar-refractivity contribution < 1.29 is 0 Å². The van der Waals surface area contributed by atoms with E-state index >= 15 is 0 Å². The fourth-order valence-electron chi connectivity index (χ4n) is 1.94. The Morgan fingerprint density at radius 1 is 0.833 bits per heavy atom. The first kappa shape index (κ1) is 13.6. The Hall–Kier alpha value is -0.790. The summed E-state index contributed by atoms with van der Waals surface area (Å²) in [6.45, 7) is 6.31. The van der Waals surface area contributed by atoms with Gasteiger partial charge in [0.1, 0.15) is 0 Å². The first-order valence-corrected chi connectivity index (χ1v) is 7.25. The molecule has 0 heterocycles. The van der Waals surface area contributed by atoms with Crippen LogP contribution in [0.1, 0.15) is 32.6 Å². The molecule has 0 amide bonds. The monoisotopic (exact) mass is 322 g/mol. The molecule has 1 unspecified atom stereocenters. The summed E-state index contributed by atoms with van der Waals surface area (Å²) in [6.07, 6.45) is 0. The Labute approximate surface area is 122 Å². The average molecular weight is 324 g/mol. The van der Waals surface area contributed by atoms with Crippen LogP contribution in [0.25, 0.3) is 0 Å². The molecule has 0 radical (unpaired) electrons. The number of aryl methyl sites for hydroxylation is 3. The Kier molecular flexibility index (Phi) is 4.14. The molecule has 2 rings (SSSR count). The minimum absolute atomic E-state index is 0.216. The first-order chi connectivity index (χ1) is 8.49.